The van der Waals surface area contributed by atoms with Crippen LogP contribution in [0.1, 0.15) is 16.1 Å². The lowest BCUT2D eigenvalue weighted by molar-refractivity contribution is 0.0950. The second-order valence-corrected chi connectivity index (χ2v) is 6.89. The molecule has 0 radical (unpaired) electrons. The molecule has 0 fully saturated rings. The van der Waals surface area contributed by atoms with Crippen LogP contribution in [-0.4, -0.2) is 43.7 Å². The van der Waals surface area contributed by atoms with E-state index in [0.717, 1.165) is 10.5 Å². The van der Waals surface area contributed by atoms with E-state index in [4.69, 9.17) is 5.73 Å². The average molecular weight is 420 g/mol. The fourth-order valence-corrected chi connectivity index (χ4v) is 3.09. The number of hydrogen-bond donors (Lipinski definition) is 2. The first-order valence-corrected chi connectivity index (χ1v) is 9.97. The van der Waals surface area contributed by atoms with E-state index in [1.54, 1.807) is 18.0 Å². The number of hydrazone groups is 1. The monoisotopic (exact) mass is 420 g/mol. The Balaban J connectivity index is 1.63. The molecular weight excluding hydrogens is 404 g/mol. The van der Waals surface area contributed by atoms with Crippen LogP contribution in [0.15, 0.2) is 69.2 Å². The first-order valence-electron chi connectivity index (χ1n) is 8.74. The summed E-state index contributed by atoms with van der Waals surface area (Å²) in [5, 5.41) is 19.3. The van der Waals surface area contributed by atoms with Gasteiger partial charge in [-0.25, -0.2) is 10.1 Å². The van der Waals surface area contributed by atoms with Gasteiger partial charge in [-0.1, -0.05) is 47.7 Å². The number of thioether (sulfide) groups is 1. The molecule has 0 aliphatic rings. The summed E-state index contributed by atoms with van der Waals surface area (Å²) < 4.78 is 5.96. The zero-order valence-corrected chi connectivity index (χ0v) is 16.6. The van der Waals surface area contributed by atoms with Gasteiger partial charge in [0.15, 0.2) is 5.69 Å². The van der Waals surface area contributed by atoms with Crippen LogP contribution in [-0.2, 0) is 0 Å². The van der Waals surface area contributed by atoms with Gasteiger partial charge < -0.3 is 5.73 Å². The molecule has 4 rings (SSSR count). The molecular formula is C19H16N8O2S. The van der Waals surface area contributed by atoms with Gasteiger partial charge >= 0.3 is 0 Å². The highest BCUT2D eigenvalue weighted by molar-refractivity contribution is 7.98. The molecule has 2 heterocycles. The van der Waals surface area contributed by atoms with Crippen LogP contribution < -0.4 is 11.2 Å². The van der Waals surface area contributed by atoms with Gasteiger partial charge in [0, 0.05) is 10.5 Å². The van der Waals surface area contributed by atoms with Crippen molar-refractivity contribution in [2.45, 2.75) is 4.90 Å². The topological polar surface area (TPSA) is 137 Å². The van der Waals surface area contributed by atoms with Gasteiger partial charge in [0.25, 0.3) is 5.91 Å². The number of nitrogen functional groups attached to an aromatic ring is 1. The maximum Gasteiger partial charge on any atom is 0.294 e. The molecule has 1 amide bonds. The number of rotatable bonds is 6. The molecule has 0 aliphatic heterocycles. The van der Waals surface area contributed by atoms with E-state index < -0.39 is 5.91 Å². The number of carbonyl (C=O) groups excluding carboxylic acids is 1. The van der Waals surface area contributed by atoms with E-state index in [2.05, 4.69) is 35.8 Å². The minimum absolute atomic E-state index is 0.0238. The number of anilines is 1. The molecule has 150 valence electrons. The van der Waals surface area contributed by atoms with Gasteiger partial charge in [-0.2, -0.15) is 9.78 Å². The van der Waals surface area contributed by atoms with E-state index in [1.165, 1.54) is 4.68 Å². The Morgan fingerprint density at radius 2 is 1.93 bits per heavy atom. The van der Waals surface area contributed by atoms with Crippen LogP contribution in [0.3, 0.4) is 0 Å². The summed E-state index contributed by atoms with van der Waals surface area (Å²) in [6, 6.07) is 16.9. The van der Waals surface area contributed by atoms with Crippen LogP contribution in [0.2, 0.25) is 0 Å². The Kier molecular flexibility index (Phi) is 5.52. The van der Waals surface area contributed by atoms with E-state index in [-0.39, 0.29) is 17.3 Å². The number of aromatic nitrogens is 5. The highest BCUT2D eigenvalue weighted by Crippen LogP contribution is 2.26. The quantitative estimate of drug-likeness (QED) is 0.275. The van der Waals surface area contributed by atoms with Gasteiger partial charge in [-0.15, -0.1) is 16.9 Å². The van der Waals surface area contributed by atoms with Crippen molar-refractivity contribution in [3.63, 3.8) is 0 Å². The predicted molar refractivity (Wildman–Crippen MR) is 112 cm³/mol. The van der Waals surface area contributed by atoms with Gasteiger partial charge in [0.2, 0.25) is 11.6 Å². The number of nitrogens with two attached hydrogens (primary N) is 1. The van der Waals surface area contributed by atoms with E-state index in [1.807, 2.05) is 60.9 Å². The highest BCUT2D eigenvalue weighted by Gasteiger charge is 2.24. The van der Waals surface area contributed by atoms with Crippen LogP contribution >= 0.6 is 11.8 Å². The zero-order valence-electron chi connectivity index (χ0n) is 15.8. The van der Waals surface area contributed by atoms with Crippen LogP contribution in [0, 0.1) is 0 Å². The molecule has 11 heteroatoms. The molecule has 2 aromatic carbocycles. The smallest absolute Gasteiger partial charge is 0.294 e. The Hall–Kier alpha value is -3.99. The zero-order chi connectivity index (χ0) is 20.9. The summed E-state index contributed by atoms with van der Waals surface area (Å²) in [4.78, 5) is 13.9. The van der Waals surface area contributed by atoms with E-state index in [9.17, 15) is 4.79 Å². The molecule has 0 unspecified atom stereocenters. The van der Waals surface area contributed by atoms with Crippen molar-refractivity contribution in [3.05, 3.63) is 65.9 Å². The molecule has 0 atom stereocenters. The molecule has 0 saturated carbocycles. The summed E-state index contributed by atoms with van der Waals surface area (Å²) >= 11 is 1.65. The molecule has 10 nitrogen and oxygen atoms in total. The average Bonchev–Trinajstić information content (AvgIpc) is 3.40. The summed E-state index contributed by atoms with van der Waals surface area (Å²) in [6.07, 6.45) is 3.55. The Morgan fingerprint density at radius 3 is 2.60 bits per heavy atom. The number of nitrogens with one attached hydrogen (secondary N) is 1. The van der Waals surface area contributed by atoms with Crippen molar-refractivity contribution in [2.24, 2.45) is 5.10 Å². The summed E-state index contributed by atoms with van der Waals surface area (Å²) in [6.45, 7) is 0. The van der Waals surface area contributed by atoms with Crippen molar-refractivity contribution in [2.75, 3.05) is 12.0 Å². The predicted octanol–water partition coefficient (Wildman–Crippen LogP) is 2.39. The molecule has 4 aromatic rings. The molecule has 0 spiro atoms. The second kappa shape index (κ2) is 8.57. The molecule has 2 aromatic heterocycles. The summed E-state index contributed by atoms with van der Waals surface area (Å²) in [5.41, 5.74) is 10.2. The van der Waals surface area contributed by atoms with E-state index >= 15 is 0 Å². The van der Waals surface area contributed by atoms with E-state index in [0.29, 0.717) is 11.3 Å². The van der Waals surface area contributed by atoms with Crippen molar-refractivity contribution in [1.82, 2.24) is 30.7 Å². The van der Waals surface area contributed by atoms with Crippen molar-refractivity contribution in [1.29, 1.82) is 0 Å². The Labute approximate surface area is 175 Å². The lowest BCUT2D eigenvalue weighted by Crippen LogP contribution is -2.19. The maximum atomic E-state index is 12.8. The maximum absolute atomic E-state index is 12.8. The number of carbonyl (C=O) groups is 1. The van der Waals surface area contributed by atoms with Gasteiger partial charge in [0.05, 0.1) is 6.21 Å². The van der Waals surface area contributed by atoms with Crippen LogP contribution in [0.5, 0.6) is 0 Å². The third kappa shape index (κ3) is 3.91. The molecule has 0 saturated heterocycles. The fraction of sp³-hybridized carbons (Fsp3) is 0.0526. The third-order valence-electron chi connectivity index (χ3n) is 4.12. The molecule has 0 bridgehead atoms. The molecule has 3 N–H and O–H groups in total. The summed E-state index contributed by atoms with van der Waals surface area (Å²) in [7, 11) is 0. The first kappa shape index (κ1) is 19.3. The normalized spacial score (nSPS) is 11.1. The van der Waals surface area contributed by atoms with Gasteiger partial charge in [-0.3, -0.25) is 4.79 Å². The standard InChI is InChI=1S/C19H16N8O2S/c1-30-14-9-7-12(8-10-14)11-21-23-19(28)15-16(13-5-3-2-4-6-13)27(26-22-15)18-17(20)24-29-25-18/h2-11H,1H3,(H2,20,24)(H,23,28)/b21-11+. The number of hydrogen-bond acceptors (Lipinski definition) is 9. The minimum atomic E-state index is -0.535. The molecule has 0 aliphatic carbocycles. The van der Waals surface area contributed by atoms with Crippen molar-refractivity contribution < 1.29 is 9.42 Å². The third-order valence-corrected chi connectivity index (χ3v) is 4.87. The van der Waals surface area contributed by atoms with Gasteiger partial charge in [0.1, 0.15) is 5.69 Å². The van der Waals surface area contributed by atoms with Crippen molar-refractivity contribution in [3.8, 4) is 17.1 Å². The lowest BCUT2D eigenvalue weighted by Gasteiger charge is -2.05. The van der Waals surface area contributed by atoms with Crippen molar-refractivity contribution >= 4 is 29.7 Å². The largest absolute Gasteiger partial charge is 0.378 e. The minimum Gasteiger partial charge on any atom is -0.378 e. The van der Waals surface area contributed by atoms with Crippen LogP contribution in [0.4, 0.5) is 5.82 Å². The second-order valence-electron chi connectivity index (χ2n) is 6.01. The molecule has 30 heavy (non-hydrogen) atoms. The van der Waals surface area contributed by atoms with Crippen LogP contribution in [0.25, 0.3) is 17.1 Å². The number of amides is 1. The Bertz CT molecular complexity index is 1180. The number of nitrogens with zero attached hydrogens (tertiary/aromatic N) is 6. The first-order chi connectivity index (χ1) is 14.7. The number of benzene rings is 2. The summed E-state index contributed by atoms with van der Waals surface area (Å²) in [5.74, 6) is -0.374. The fourth-order valence-electron chi connectivity index (χ4n) is 2.68. The van der Waals surface area contributed by atoms with Gasteiger partial charge in [-0.05, 0) is 34.3 Å². The SMILES string of the molecule is CSc1ccc(/C=N/NC(=O)c2nnn(-c3nonc3N)c2-c2ccccc2)cc1. The Morgan fingerprint density at radius 1 is 1.17 bits per heavy atom. The highest BCUT2D eigenvalue weighted by atomic mass is 32.2. The lowest BCUT2D eigenvalue weighted by atomic mass is 10.1.